The Bertz CT molecular complexity index is 811. The SMILES string of the molecule is C=CC[C@]12Cc3cc(OC)c(OC)cc3C(=O)N1[C@@H](C(C)(C)C)N(C)C2=O. The Labute approximate surface area is 160 Å². The van der Waals surface area contributed by atoms with Crippen LogP contribution < -0.4 is 9.47 Å². The van der Waals surface area contributed by atoms with Gasteiger partial charge in [-0.2, -0.15) is 0 Å². The molecule has 0 aromatic heterocycles. The predicted octanol–water partition coefficient (Wildman–Crippen LogP) is 2.86. The van der Waals surface area contributed by atoms with E-state index in [1.54, 1.807) is 43.2 Å². The van der Waals surface area contributed by atoms with Gasteiger partial charge < -0.3 is 19.3 Å². The number of hydrogen-bond donors (Lipinski definition) is 0. The smallest absolute Gasteiger partial charge is 0.256 e. The second-order valence-corrected chi connectivity index (χ2v) is 8.40. The first-order chi connectivity index (χ1) is 12.6. The molecule has 6 nitrogen and oxygen atoms in total. The quantitative estimate of drug-likeness (QED) is 0.763. The Balaban J connectivity index is 2.25. The monoisotopic (exact) mass is 372 g/mol. The minimum absolute atomic E-state index is 0.0453. The lowest BCUT2D eigenvalue weighted by Gasteiger charge is -2.45. The Morgan fingerprint density at radius 3 is 2.33 bits per heavy atom. The van der Waals surface area contributed by atoms with Crippen molar-refractivity contribution in [1.82, 2.24) is 9.80 Å². The number of amides is 2. The summed E-state index contributed by atoms with van der Waals surface area (Å²) in [6, 6.07) is 3.53. The van der Waals surface area contributed by atoms with Crippen molar-refractivity contribution in [3.8, 4) is 11.5 Å². The minimum Gasteiger partial charge on any atom is -0.493 e. The number of hydrogen-bond acceptors (Lipinski definition) is 4. The average Bonchev–Trinajstić information content (AvgIpc) is 2.83. The second kappa shape index (κ2) is 6.29. The number of rotatable bonds is 4. The number of benzene rings is 1. The number of methoxy groups -OCH3 is 2. The number of likely N-dealkylation sites (N-methyl/N-ethyl adjacent to an activating group) is 1. The molecule has 2 aliphatic heterocycles. The first-order valence-corrected chi connectivity index (χ1v) is 9.09. The van der Waals surface area contributed by atoms with Crippen LogP contribution in [-0.2, 0) is 11.2 Å². The van der Waals surface area contributed by atoms with Crippen molar-refractivity contribution in [3.05, 3.63) is 35.9 Å². The molecule has 1 saturated heterocycles. The summed E-state index contributed by atoms with van der Waals surface area (Å²) < 4.78 is 10.8. The van der Waals surface area contributed by atoms with Crippen LogP contribution in [0.4, 0.5) is 0 Å². The van der Waals surface area contributed by atoms with Gasteiger partial charge in [0.1, 0.15) is 11.7 Å². The summed E-state index contributed by atoms with van der Waals surface area (Å²) in [5.74, 6) is 0.859. The van der Waals surface area contributed by atoms with Crippen molar-refractivity contribution in [2.24, 2.45) is 5.41 Å². The summed E-state index contributed by atoms with van der Waals surface area (Å²) >= 11 is 0. The topological polar surface area (TPSA) is 59.1 Å². The average molecular weight is 372 g/mol. The van der Waals surface area contributed by atoms with Crippen molar-refractivity contribution in [2.75, 3.05) is 21.3 Å². The molecule has 1 fully saturated rings. The number of carbonyl (C=O) groups excluding carboxylic acids is 2. The van der Waals surface area contributed by atoms with E-state index in [1.165, 1.54) is 0 Å². The van der Waals surface area contributed by atoms with Crippen LogP contribution in [0.1, 0.15) is 43.1 Å². The highest BCUT2D eigenvalue weighted by Gasteiger charge is 2.62. The molecule has 0 N–H and O–H groups in total. The molecule has 1 aromatic rings. The lowest BCUT2D eigenvalue weighted by atomic mass is 9.79. The maximum absolute atomic E-state index is 13.6. The van der Waals surface area contributed by atoms with Crippen LogP contribution >= 0.6 is 0 Å². The molecular formula is C21H28N2O4. The number of carbonyl (C=O) groups is 2. The van der Waals surface area contributed by atoms with Gasteiger partial charge in [0.2, 0.25) is 0 Å². The van der Waals surface area contributed by atoms with Gasteiger partial charge in [-0.1, -0.05) is 26.8 Å². The molecule has 2 amide bonds. The van der Waals surface area contributed by atoms with E-state index in [0.29, 0.717) is 29.9 Å². The summed E-state index contributed by atoms with van der Waals surface area (Å²) in [6.07, 6.45) is 2.22. The third-order valence-corrected chi connectivity index (χ3v) is 5.59. The molecule has 0 spiro atoms. The van der Waals surface area contributed by atoms with Crippen LogP contribution in [0.2, 0.25) is 0 Å². The lowest BCUT2D eigenvalue weighted by molar-refractivity contribution is -0.133. The van der Waals surface area contributed by atoms with E-state index in [9.17, 15) is 9.59 Å². The molecule has 0 aliphatic carbocycles. The zero-order valence-electron chi connectivity index (χ0n) is 17.0. The normalized spacial score (nSPS) is 24.6. The molecule has 2 aliphatic rings. The van der Waals surface area contributed by atoms with Crippen LogP contribution in [0, 0.1) is 5.41 Å². The maximum Gasteiger partial charge on any atom is 0.256 e. The van der Waals surface area contributed by atoms with Crippen LogP contribution in [0.3, 0.4) is 0 Å². The van der Waals surface area contributed by atoms with Crippen LogP contribution in [0.5, 0.6) is 11.5 Å². The van der Waals surface area contributed by atoms with E-state index < -0.39 is 5.54 Å². The Morgan fingerprint density at radius 1 is 1.22 bits per heavy atom. The largest absolute Gasteiger partial charge is 0.493 e. The summed E-state index contributed by atoms with van der Waals surface area (Å²) in [5.41, 5.74) is 0.117. The molecule has 2 atom stereocenters. The second-order valence-electron chi connectivity index (χ2n) is 8.40. The third-order valence-electron chi connectivity index (χ3n) is 5.59. The van der Waals surface area contributed by atoms with E-state index in [2.05, 4.69) is 6.58 Å². The van der Waals surface area contributed by atoms with Gasteiger partial charge in [0.05, 0.1) is 14.2 Å². The molecule has 6 heteroatoms. The molecule has 0 radical (unpaired) electrons. The predicted molar refractivity (Wildman–Crippen MR) is 103 cm³/mol. The van der Waals surface area contributed by atoms with Gasteiger partial charge in [0.25, 0.3) is 11.8 Å². The maximum atomic E-state index is 13.6. The van der Waals surface area contributed by atoms with Gasteiger partial charge in [0.15, 0.2) is 11.5 Å². The van der Waals surface area contributed by atoms with Crippen molar-refractivity contribution < 1.29 is 19.1 Å². The molecule has 0 unspecified atom stereocenters. The van der Waals surface area contributed by atoms with Gasteiger partial charge in [-0.3, -0.25) is 9.59 Å². The van der Waals surface area contributed by atoms with Crippen LogP contribution in [0.25, 0.3) is 0 Å². The molecule has 146 valence electrons. The highest BCUT2D eigenvalue weighted by molar-refractivity contribution is 6.05. The minimum atomic E-state index is -0.946. The van der Waals surface area contributed by atoms with E-state index >= 15 is 0 Å². The fraction of sp³-hybridized carbons (Fsp3) is 0.524. The molecule has 2 heterocycles. The highest BCUT2D eigenvalue weighted by Crippen LogP contribution is 2.48. The van der Waals surface area contributed by atoms with Crippen LogP contribution in [-0.4, -0.2) is 54.6 Å². The van der Waals surface area contributed by atoms with E-state index in [1.807, 2.05) is 26.8 Å². The molecule has 0 saturated carbocycles. The zero-order valence-corrected chi connectivity index (χ0v) is 17.0. The number of nitrogens with zero attached hydrogens (tertiary/aromatic N) is 2. The fourth-order valence-electron chi connectivity index (χ4n) is 4.59. The summed E-state index contributed by atoms with van der Waals surface area (Å²) in [6.45, 7) is 9.98. The van der Waals surface area contributed by atoms with E-state index in [4.69, 9.17) is 9.47 Å². The first-order valence-electron chi connectivity index (χ1n) is 9.09. The van der Waals surface area contributed by atoms with Gasteiger partial charge in [-0.05, 0) is 24.1 Å². The Morgan fingerprint density at radius 2 is 1.81 bits per heavy atom. The van der Waals surface area contributed by atoms with Crippen molar-refractivity contribution in [3.63, 3.8) is 0 Å². The summed E-state index contributed by atoms with van der Waals surface area (Å²) in [7, 11) is 4.88. The molecule has 0 bridgehead atoms. The third kappa shape index (κ3) is 2.61. The first kappa shape index (κ1) is 19.3. The lowest BCUT2D eigenvalue weighted by Crippen LogP contribution is -2.59. The highest BCUT2D eigenvalue weighted by atomic mass is 16.5. The number of fused-ring (bicyclic) bond motifs is 2. The van der Waals surface area contributed by atoms with Crippen molar-refractivity contribution in [2.45, 2.75) is 45.3 Å². The van der Waals surface area contributed by atoms with Gasteiger partial charge in [-0.15, -0.1) is 6.58 Å². The van der Waals surface area contributed by atoms with Gasteiger partial charge in [0, 0.05) is 24.4 Å². The van der Waals surface area contributed by atoms with E-state index in [0.717, 1.165) is 5.56 Å². The zero-order chi connectivity index (χ0) is 20.1. The van der Waals surface area contributed by atoms with E-state index in [-0.39, 0.29) is 23.4 Å². The molecule has 3 rings (SSSR count). The summed E-state index contributed by atoms with van der Waals surface area (Å²) in [4.78, 5) is 30.5. The van der Waals surface area contributed by atoms with Crippen molar-refractivity contribution in [1.29, 1.82) is 0 Å². The Kier molecular flexibility index (Phi) is 4.49. The molecule has 27 heavy (non-hydrogen) atoms. The Hall–Kier alpha value is -2.50. The van der Waals surface area contributed by atoms with Crippen LogP contribution in [0.15, 0.2) is 24.8 Å². The standard InChI is InChI=1S/C21H28N2O4/c1-8-9-21-12-13-10-15(26-6)16(27-7)11-14(13)17(24)23(21)18(20(2,3)4)22(5)19(21)25/h8,10-11,18H,1,9,12H2,2-7H3/t18-,21+/m0/s1. The fourth-order valence-corrected chi connectivity index (χ4v) is 4.59. The number of ether oxygens (including phenoxy) is 2. The molecule has 1 aromatic carbocycles. The van der Waals surface area contributed by atoms with Crippen molar-refractivity contribution >= 4 is 11.8 Å². The molecular weight excluding hydrogens is 344 g/mol. The van der Waals surface area contributed by atoms with Gasteiger partial charge >= 0.3 is 0 Å². The summed E-state index contributed by atoms with van der Waals surface area (Å²) in [5, 5.41) is 0. The van der Waals surface area contributed by atoms with Gasteiger partial charge in [-0.25, -0.2) is 0 Å².